The smallest absolute Gasteiger partial charge is 0.300 e. The van der Waals surface area contributed by atoms with E-state index in [-0.39, 0.29) is 11.3 Å². The molecule has 0 saturated carbocycles. The van der Waals surface area contributed by atoms with Crippen LogP contribution in [0.4, 0.5) is 5.69 Å². The molecular weight excluding hydrogens is 438 g/mol. The normalized spacial score (nSPS) is 17.2. The molecule has 1 atom stereocenters. The van der Waals surface area contributed by atoms with Gasteiger partial charge in [-0.3, -0.25) is 14.5 Å². The van der Waals surface area contributed by atoms with Crippen LogP contribution < -0.4 is 19.1 Å². The number of ketones is 1. The van der Waals surface area contributed by atoms with Crippen LogP contribution in [0.2, 0.25) is 0 Å². The maximum Gasteiger partial charge on any atom is 0.300 e. The van der Waals surface area contributed by atoms with E-state index in [9.17, 15) is 14.7 Å². The summed E-state index contributed by atoms with van der Waals surface area (Å²) >= 11 is 0. The molecule has 1 saturated heterocycles. The molecule has 8 heteroatoms. The monoisotopic (exact) mass is 463 g/mol. The predicted octanol–water partition coefficient (Wildman–Crippen LogP) is 4.63. The van der Waals surface area contributed by atoms with Crippen molar-refractivity contribution in [3.05, 3.63) is 77.3 Å². The van der Waals surface area contributed by atoms with Gasteiger partial charge in [-0.05, 0) is 68.4 Å². The van der Waals surface area contributed by atoms with Gasteiger partial charge in [0.15, 0.2) is 11.5 Å². The first-order valence-electron chi connectivity index (χ1n) is 10.7. The van der Waals surface area contributed by atoms with Crippen LogP contribution in [-0.4, -0.2) is 37.6 Å². The Hall–Kier alpha value is -4.20. The Labute approximate surface area is 197 Å². The van der Waals surface area contributed by atoms with Crippen molar-refractivity contribution in [3.63, 3.8) is 0 Å². The Kier molecular flexibility index (Phi) is 6.32. The van der Waals surface area contributed by atoms with Gasteiger partial charge in [-0.25, -0.2) is 0 Å². The summed E-state index contributed by atoms with van der Waals surface area (Å²) in [7, 11) is 2.97. The topological polar surface area (TPSA) is 98.4 Å². The van der Waals surface area contributed by atoms with Gasteiger partial charge in [-0.15, -0.1) is 0 Å². The Morgan fingerprint density at radius 2 is 1.71 bits per heavy atom. The van der Waals surface area contributed by atoms with E-state index in [4.69, 9.17) is 18.6 Å². The SMILES string of the molecule is CCOc1ccc(N2C(=O)C(=O)/C(=C(\O)c3ccc(OC)c(OC)c3)C2c2ccc(C)o2)cc1. The molecule has 1 amide bonds. The number of aliphatic hydroxyl groups is 1. The number of hydrogen-bond donors (Lipinski definition) is 1. The Bertz CT molecular complexity index is 1260. The highest BCUT2D eigenvalue weighted by Gasteiger charge is 2.48. The number of methoxy groups -OCH3 is 2. The van der Waals surface area contributed by atoms with E-state index in [2.05, 4.69) is 0 Å². The van der Waals surface area contributed by atoms with Gasteiger partial charge in [-0.1, -0.05) is 0 Å². The lowest BCUT2D eigenvalue weighted by Gasteiger charge is -2.23. The second kappa shape index (κ2) is 9.35. The van der Waals surface area contributed by atoms with E-state index >= 15 is 0 Å². The Balaban J connectivity index is 1.87. The van der Waals surface area contributed by atoms with Crippen LogP contribution in [0.5, 0.6) is 17.2 Å². The number of benzene rings is 2. The van der Waals surface area contributed by atoms with Crippen molar-refractivity contribution in [2.24, 2.45) is 0 Å². The average Bonchev–Trinajstić information content (AvgIpc) is 3.39. The number of rotatable bonds is 7. The first kappa shape index (κ1) is 23.0. The van der Waals surface area contributed by atoms with Crippen LogP contribution in [0.15, 0.2) is 64.6 Å². The fraction of sp³-hybridized carbons (Fsp3) is 0.231. The largest absolute Gasteiger partial charge is 0.507 e. The fourth-order valence-electron chi connectivity index (χ4n) is 3.98. The minimum atomic E-state index is -0.959. The number of furan rings is 1. The molecule has 0 radical (unpaired) electrons. The molecule has 3 aromatic rings. The second-order valence-corrected chi connectivity index (χ2v) is 7.61. The molecule has 1 unspecified atom stereocenters. The van der Waals surface area contributed by atoms with Gasteiger partial charge in [0.05, 0.1) is 26.4 Å². The standard InChI is InChI=1S/C26H25NO7/c1-5-33-18-10-8-17(9-11-18)27-23(20-12-6-15(2)34-20)22(25(29)26(27)30)24(28)16-7-13-19(31-3)21(14-16)32-4/h6-14,23,28H,5H2,1-4H3/b24-22-. The lowest BCUT2D eigenvalue weighted by molar-refractivity contribution is -0.132. The molecule has 1 N–H and O–H groups in total. The highest BCUT2D eigenvalue weighted by Crippen LogP contribution is 2.43. The zero-order valence-electron chi connectivity index (χ0n) is 19.3. The zero-order chi connectivity index (χ0) is 24.4. The van der Waals surface area contributed by atoms with Crippen LogP contribution in [0.25, 0.3) is 5.76 Å². The average molecular weight is 463 g/mol. The Morgan fingerprint density at radius 3 is 2.29 bits per heavy atom. The van der Waals surface area contributed by atoms with Gasteiger partial charge in [0.25, 0.3) is 11.7 Å². The number of hydrogen-bond acceptors (Lipinski definition) is 7. The van der Waals surface area contributed by atoms with Crippen LogP contribution in [0.3, 0.4) is 0 Å². The lowest BCUT2D eigenvalue weighted by Crippen LogP contribution is -2.29. The third-order valence-corrected chi connectivity index (χ3v) is 5.56. The second-order valence-electron chi connectivity index (χ2n) is 7.61. The maximum atomic E-state index is 13.2. The lowest BCUT2D eigenvalue weighted by atomic mass is 9.99. The molecule has 34 heavy (non-hydrogen) atoms. The van der Waals surface area contributed by atoms with E-state index in [1.165, 1.54) is 19.1 Å². The number of nitrogens with zero attached hydrogens (tertiary/aromatic N) is 1. The quantitative estimate of drug-likeness (QED) is 0.310. The van der Waals surface area contributed by atoms with E-state index < -0.39 is 17.7 Å². The minimum Gasteiger partial charge on any atom is -0.507 e. The molecule has 1 aromatic heterocycles. The van der Waals surface area contributed by atoms with Crippen molar-refractivity contribution in [2.45, 2.75) is 19.9 Å². The summed E-state index contributed by atoms with van der Waals surface area (Å²) in [5.41, 5.74) is 0.687. The number of aliphatic hydroxyl groups excluding tert-OH is 1. The molecule has 0 aliphatic carbocycles. The van der Waals surface area contributed by atoms with E-state index in [0.29, 0.717) is 46.6 Å². The van der Waals surface area contributed by atoms with Crippen LogP contribution in [0, 0.1) is 6.92 Å². The summed E-state index contributed by atoms with van der Waals surface area (Å²) in [6.07, 6.45) is 0. The minimum absolute atomic E-state index is 0.0829. The van der Waals surface area contributed by atoms with Crippen molar-refractivity contribution in [1.82, 2.24) is 0 Å². The van der Waals surface area contributed by atoms with Crippen LogP contribution >= 0.6 is 0 Å². The maximum absolute atomic E-state index is 13.2. The van der Waals surface area contributed by atoms with Gasteiger partial charge in [0.1, 0.15) is 29.1 Å². The van der Waals surface area contributed by atoms with Crippen LogP contribution in [0.1, 0.15) is 30.0 Å². The number of Topliss-reactive ketones (excluding diaryl/α,β-unsaturated/α-hetero) is 1. The molecule has 1 aliphatic heterocycles. The first-order chi connectivity index (χ1) is 16.4. The highest BCUT2D eigenvalue weighted by molar-refractivity contribution is 6.51. The molecule has 0 spiro atoms. The summed E-state index contributed by atoms with van der Waals surface area (Å²) in [5, 5.41) is 11.2. The summed E-state index contributed by atoms with van der Waals surface area (Å²) in [5.74, 6) is 0.506. The summed E-state index contributed by atoms with van der Waals surface area (Å²) < 4.78 is 21.9. The number of carbonyl (C=O) groups is 2. The van der Waals surface area contributed by atoms with E-state index in [0.717, 1.165) is 0 Å². The summed E-state index contributed by atoms with van der Waals surface area (Å²) in [6, 6.07) is 14.0. The summed E-state index contributed by atoms with van der Waals surface area (Å²) in [6.45, 7) is 4.14. The molecular formula is C26H25NO7. The van der Waals surface area contributed by atoms with Crippen molar-refractivity contribution in [3.8, 4) is 17.2 Å². The number of ether oxygens (including phenoxy) is 3. The molecule has 8 nitrogen and oxygen atoms in total. The number of aryl methyl sites for hydroxylation is 1. The van der Waals surface area contributed by atoms with Gasteiger partial charge < -0.3 is 23.7 Å². The van der Waals surface area contributed by atoms with Gasteiger partial charge in [-0.2, -0.15) is 0 Å². The number of amides is 1. The zero-order valence-corrected chi connectivity index (χ0v) is 19.3. The van der Waals surface area contributed by atoms with Gasteiger partial charge >= 0.3 is 0 Å². The fourth-order valence-corrected chi connectivity index (χ4v) is 3.98. The van der Waals surface area contributed by atoms with Crippen molar-refractivity contribution in [1.29, 1.82) is 0 Å². The summed E-state index contributed by atoms with van der Waals surface area (Å²) in [4.78, 5) is 27.7. The molecule has 4 rings (SSSR count). The van der Waals surface area contributed by atoms with Gasteiger partial charge in [0, 0.05) is 11.3 Å². The van der Waals surface area contributed by atoms with Gasteiger partial charge in [0.2, 0.25) is 0 Å². The third-order valence-electron chi connectivity index (χ3n) is 5.56. The van der Waals surface area contributed by atoms with Crippen molar-refractivity contribution >= 4 is 23.1 Å². The molecule has 2 heterocycles. The van der Waals surface area contributed by atoms with Crippen molar-refractivity contribution in [2.75, 3.05) is 25.7 Å². The molecule has 176 valence electrons. The Morgan fingerprint density at radius 1 is 1.00 bits per heavy atom. The molecule has 1 aliphatic rings. The molecule has 0 bridgehead atoms. The molecule has 2 aromatic carbocycles. The number of anilines is 1. The van der Waals surface area contributed by atoms with E-state index in [1.807, 2.05) is 6.92 Å². The third kappa shape index (κ3) is 3.98. The first-order valence-corrected chi connectivity index (χ1v) is 10.7. The highest BCUT2D eigenvalue weighted by atomic mass is 16.5. The molecule has 1 fully saturated rings. The number of carbonyl (C=O) groups excluding carboxylic acids is 2. The van der Waals surface area contributed by atoms with Crippen LogP contribution in [-0.2, 0) is 9.59 Å². The predicted molar refractivity (Wildman–Crippen MR) is 125 cm³/mol. The van der Waals surface area contributed by atoms with E-state index in [1.54, 1.807) is 61.5 Å². The van der Waals surface area contributed by atoms with Crippen molar-refractivity contribution < 1.29 is 33.3 Å².